The number of pyridine rings is 1. The Labute approximate surface area is 193 Å². The highest BCUT2D eigenvalue weighted by Crippen LogP contribution is 2.38. The summed E-state index contributed by atoms with van der Waals surface area (Å²) in [5, 5.41) is 22.0. The van der Waals surface area contributed by atoms with Crippen LogP contribution in [0.4, 0.5) is 0 Å². The van der Waals surface area contributed by atoms with Gasteiger partial charge >= 0.3 is 0 Å². The monoisotopic (exact) mass is 450 g/mol. The lowest BCUT2D eigenvalue weighted by Crippen LogP contribution is -2.31. The number of nitrogens with zero attached hydrogens (tertiary/aromatic N) is 2. The number of aliphatic hydroxyl groups excluding tert-OH is 1. The lowest BCUT2D eigenvalue weighted by atomic mass is 9.84. The summed E-state index contributed by atoms with van der Waals surface area (Å²) in [7, 11) is 0. The molecule has 1 saturated heterocycles. The minimum Gasteiger partial charge on any atom is -0.508 e. The Morgan fingerprint density at radius 2 is 2.09 bits per heavy atom. The van der Waals surface area contributed by atoms with E-state index in [9.17, 15) is 10.2 Å². The van der Waals surface area contributed by atoms with Crippen LogP contribution in [-0.4, -0.2) is 45.8 Å². The molecule has 5 nitrogen and oxygen atoms in total. The second kappa shape index (κ2) is 8.83. The summed E-state index contributed by atoms with van der Waals surface area (Å²) in [6.45, 7) is 2.75. The van der Waals surface area contributed by atoms with Crippen molar-refractivity contribution in [3.63, 3.8) is 0 Å². The number of β-amino-alcohol motifs (C(OH)–C–C–N with tert-alkyl or cyclic N) is 1. The fourth-order valence-electron chi connectivity index (χ4n) is 4.95. The van der Waals surface area contributed by atoms with Crippen LogP contribution >= 0.6 is 11.6 Å². The van der Waals surface area contributed by atoms with Crippen LogP contribution in [0.15, 0.2) is 72.7 Å². The average Bonchev–Trinajstić information content (AvgIpc) is 3.11. The topological polar surface area (TPSA) is 65.8 Å². The summed E-state index contributed by atoms with van der Waals surface area (Å²) in [6.07, 6.45) is 11.0. The van der Waals surface area contributed by atoms with Crippen molar-refractivity contribution in [3.05, 3.63) is 94.5 Å². The fourth-order valence-corrected chi connectivity index (χ4v) is 5.08. The number of halogens is 1. The zero-order valence-corrected chi connectivity index (χ0v) is 18.6. The van der Waals surface area contributed by atoms with Crippen molar-refractivity contribution in [2.45, 2.75) is 31.2 Å². The molecular formula is C26H27ClN2O3. The lowest BCUT2D eigenvalue weighted by molar-refractivity contribution is 0.0463. The van der Waals surface area contributed by atoms with Crippen LogP contribution in [0.5, 0.6) is 0 Å². The van der Waals surface area contributed by atoms with Gasteiger partial charge in [-0.2, -0.15) is 0 Å². The number of likely N-dealkylation sites (tertiary alicyclic amines) is 1. The maximum Gasteiger partial charge on any atom is 0.112 e. The number of fused-ring (bicyclic) bond motifs is 2. The minimum absolute atomic E-state index is 0.0463. The normalized spacial score (nSPS) is 28.8. The van der Waals surface area contributed by atoms with Gasteiger partial charge in [0.2, 0.25) is 0 Å². The molecule has 32 heavy (non-hydrogen) atoms. The van der Waals surface area contributed by atoms with Crippen LogP contribution in [0.3, 0.4) is 0 Å². The average molecular weight is 451 g/mol. The Kier molecular flexibility index (Phi) is 5.91. The SMILES string of the molecule is OC1=CC2/C(=C/CCN3CC[C@@](O)(c4ccc(Cl)cc4)C3)c3cccnc3COC2C=C1. The Morgan fingerprint density at radius 3 is 2.94 bits per heavy atom. The standard InChI is InChI=1S/C26H27ClN2O3/c27-19-7-5-18(6-8-19)26(31)11-14-29(17-26)13-2-4-21-22-3-1-12-28-24(22)16-32-25-10-9-20(30)15-23(21)25/h1,3-10,12,15,23,25,30-31H,2,11,13-14,16-17H2/b21-4+/t23?,25?,26-/m0/s1. The summed E-state index contributed by atoms with van der Waals surface area (Å²) in [5.41, 5.74) is 3.23. The molecule has 2 unspecified atom stereocenters. The van der Waals surface area contributed by atoms with E-state index in [2.05, 4.69) is 22.0 Å². The van der Waals surface area contributed by atoms with E-state index in [1.165, 1.54) is 0 Å². The molecule has 1 fully saturated rings. The van der Waals surface area contributed by atoms with Gasteiger partial charge in [-0.15, -0.1) is 0 Å². The summed E-state index contributed by atoms with van der Waals surface area (Å²) in [4.78, 5) is 6.82. The van der Waals surface area contributed by atoms with Crippen LogP contribution in [-0.2, 0) is 16.9 Å². The minimum atomic E-state index is -0.835. The van der Waals surface area contributed by atoms with E-state index in [0.29, 0.717) is 24.6 Å². The lowest BCUT2D eigenvalue weighted by Gasteiger charge is -2.25. The summed E-state index contributed by atoms with van der Waals surface area (Å²) >= 11 is 6.00. The number of rotatable bonds is 4. The van der Waals surface area contributed by atoms with Gasteiger partial charge in [0.05, 0.1) is 18.4 Å². The molecule has 1 aromatic heterocycles. The van der Waals surface area contributed by atoms with Gasteiger partial charge in [0.15, 0.2) is 0 Å². The van der Waals surface area contributed by atoms with Gasteiger partial charge in [-0.3, -0.25) is 9.88 Å². The van der Waals surface area contributed by atoms with Crippen LogP contribution in [0.25, 0.3) is 5.57 Å². The zero-order valence-electron chi connectivity index (χ0n) is 17.8. The fraction of sp³-hybridized carbons (Fsp3) is 0.346. The van der Waals surface area contributed by atoms with Gasteiger partial charge < -0.3 is 14.9 Å². The molecule has 166 valence electrons. The highest BCUT2D eigenvalue weighted by Gasteiger charge is 2.37. The van der Waals surface area contributed by atoms with E-state index >= 15 is 0 Å². The van der Waals surface area contributed by atoms with E-state index in [0.717, 1.165) is 41.9 Å². The van der Waals surface area contributed by atoms with Crippen molar-refractivity contribution < 1.29 is 14.9 Å². The third kappa shape index (κ3) is 4.26. The highest BCUT2D eigenvalue weighted by molar-refractivity contribution is 6.30. The molecule has 3 atom stereocenters. The number of ether oxygens (including phenoxy) is 1. The molecule has 1 aromatic carbocycles. The molecule has 0 bridgehead atoms. The van der Waals surface area contributed by atoms with E-state index in [1.807, 2.05) is 42.5 Å². The zero-order chi connectivity index (χ0) is 22.1. The molecule has 3 heterocycles. The Balaban J connectivity index is 1.33. The maximum absolute atomic E-state index is 11.2. The highest BCUT2D eigenvalue weighted by atomic mass is 35.5. The van der Waals surface area contributed by atoms with Gasteiger partial charge in [-0.25, -0.2) is 0 Å². The molecule has 0 radical (unpaired) electrons. The first-order valence-electron chi connectivity index (χ1n) is 11.1. The van der Waals surface area contributed by atoms with Crippen molar-refractivity contribution >= 4 is 17.2 Å². The largest absolute Gasteiger partial charge is 0.508 e. The van der Waals surface area contributed by atoms with Crippen LogP contribution in [0.1, 0.15) is 29.7 Å². The van der Waals surface area contributed by atoms with E-state index in [-0.39, 0.29) is 17.8 Å². The van der Waals surface area contributed by atoms with Crippen molar-refractivity contribution in [3.8, 4) is 0 Å². The third-order valence-electron chi connectivity index (χ3n) is 6.65. The predicted octanol–water partition coefficient (Wildman–Crippen LogP) is 4.63. The van der Waals surface area contributed by atoms with Crippen molar-refractivity contribution in [2.75, 3.05) is 19.6 Å². The van der Waals surface area contributed by atoms with Gasteiger partial charge in [-0.05, 0) is 54.3 Å². The molecule has 2 aliphatic heterocycles. The van der Waals surface area contributed by atoms with Crippen LogP contribution in [0.2, 0.25) is 5.02 Å². The first-order valence-corrected chi connectivity index (χ1v) is 11.5. The Bertz CT molecular complexity index is 1080. The van der Waals surface area contributed by atoms with E-state index in [1.54, 1.807) is 12.3 Å². The number of benzene rings is 1. The first-order chi connectivity index (χ1) is 15.5. The Morgan fingerprint density at radius 1 is 1.25 bits per heavy atom. The maximum atomic E-state index is 11.2. The van der Waals surface area contributed by atoms with Gasteiger partial charge in [0.1, 0.15) is 11.4 Å². The molecule has 0 amide bonds. The van der Waals surface area contributed by atoms with Crippen LogP contribution < -0.4 is 0 Å². The van der Waals surface area contributed by atoms with Gasteiger partial charge in [-0.1, -0.05) is 42.0 Å². The van der Waals surface area contributed by atoms with Gasteiger partial charge in [0.25, 0.3) is 0 Å². The second-order valence-corrected chi connectivity index (χ2v) is 9.20. The molecule has 2 N–H and O–H groups in total. The van der Waals surface area contributed by atoms with Gasteiger partial charge in [0, 0.05) is 42.3 Å². The number of aromatic nitrogens is 1. The number of allylic oxidation sites excluding steroid dienone is 1. The molecule has 2 aromatic rings. The number of hydrogen-bond donors (Lipinski definition) is 2. The third-order valence-corrected chi connectivity index (χ3v) is 6.90. The van der Waals surface area contributed by atoms with E-state index < -0.39 is 5.60 Å². The number of hydrogen-bond acceptors (Lipinski definition) is 5. The molecule has 6 heteroatoms. The number of aliphatic hydroxyl groups is 2. The predicted molar refractivity (Wildman–Crippen MR) is 125 cm³/mol. The second-order valence-electron chi connectivity index (χ2n) is 8.76. The smallest absolute Gasteiger partial charge is 0.112 e. The van der Waals surface area contributed by atoms with Crippen molar-refractivity contribution in [1.82, 2.24) is 9.88 Å². The van der Waals surface area contributed by atoms with Crippen LogP contribution in [0, 0.1) is 5.92 Å². The molecule has 1 aliphatic carbocycles. The quantitative estimate of drug-likeness (QED) is 0.711. The van der Waals surface area contributed by atoms with Crippen molar-refractivity contribution in [1.29, 1.82) is 0 Å². The first kappa shape index (κ1) is 21.4. The molecule has 5 rings (SSSR count). The molecule has 3 aliphatic rings. The van der Waals surface area contributed by atoms with Crippen molar-refractivity contribution in [2.24, 2.45) is 5.92 Å². The summed E-state index contributed by atoms with van der Waals surface area (Å²) in [5.74, 6) is 0.218. The molecule has 0 spiro atoms. The summed E-state index contributed by atoms with van der Waals surface area (Å²) in [6, 6.07) is 11.5. The summed E-state index contributed by atoms with van der Waals surface area (Å²) < 4.78 is 6.08. The Hall–Kier alpha value is -2.44. The molecule has 0 saturated carbocycles. The molecular weight excluding hydrogens is 424 g/mol. The van der Waals surface area contributed by atoms with E-state index in [4.69, 9.17) is 16.3 Å².